The summed E-state index contributed by atoms with van der Waals surface area (Å²) >= 11 is -0.276. The summed E-state index contributed by atoms with van der Waals surface area (Å²) in [6, 6.07) is 3.67. The molecule has 0 saturated heterocycles. The first-order valence-corrected chi connectivity index (χ1v) is 5.20. The maximum Gasteiger partial charge on any atom is 0.446 e. The van der Waals surface area contributed by atoms with Crippen molar-refractivity contribution >= 4 is 29.1 Å². The number of anilines is 2. The van der Waals surface area contributed by atoms with Crippen LogP contribution in [0, 0.1) is 0 Å². The van der Waals surface area contributed by atoms with E-state index in [4.69, 9.17) is 10.8 Å². The van der Waals surface area contributed by atoms with Crippen LogP contribution in [-0.2, 0) is 4.79 Å². The number of halogens is 3. The first-order chi connectivity index (χ1) is 7.78. The Morgan fingerprint density at radius 3 is 2.59 bits per heavy atom. The number of carbonyl (C=O) groups is 1. The van der Waals surface area contributed by atoms with Gasteiger partial charge in [0.15, 0.2) is 0 Å². The van der Waals surface area contributed by atoms with Gasteiger partial charge in [0, 0.05) is 4.90 Å². The lowest BCUT2D eigenvalue weighted by molar-refractivity contribution is -0.134. The molecule has 0 radical (unpaired) electrons. The van der Waals surface area contributed by atoms with Crippen LogP contribution < -0.4 is 11.1 Å². The van der Waals surface area contributed by atoms with Crippen molar-refractivity contribution in [2.75, 3.05) is 17.6 Å². The molecule has 0 aromatic heterocycles. The maximum atomic E-state index is 12.1. The molecule has 8 heteroatoms. The number of carboxylic acid groups (broad SMARTS) is 1. The van der Waals surface area contributed by atoms with Gasteiger partial charge in [-0.05, 0) is 30.0 Å². The lowest BCUT2D eigenvalue weighted by atomic mass is 10.2. The fourth-order valence-corrected chi connectivity index (χ4v) is 1.66. The van der Waals surface area contributed by atoms with E-state index >= 15 is 0 Å². The molecule has 0 aliphatic heterocycles. The van der Waals surface area contributed by atoms with Crippen molar-refractivity contribution in [1.82, 2.24) is 0 Å². The van der Waals surface area contributed by atoms with Crippen LogP contribution in [0.4, 0.5) is 24.5 Å². The zero-order chi connectivity index (χ0) is 13.1. The monoisotopic (exact) mass is 266 g/mol. The number of benzene rings is 1. The normalized spacial score (nSPS) is 11.2. The summed E-state index contributed by atoms with van der Waals surface area (Å²) in [5, 5.41) is 10.9. The van der Waals surface area contributed by atoms with E-state index in [2.05, 4.69) is 5.32 Å². The highest BCUT2D eigenvalue weighted by molar-refractivity contribution is 8.00. The molecule has 0 bridgehead atoms. The van der Waals surface area contributed by atoms with Gasteiger partial charge < -0.3 is 16.2 Å². The number of carboxylic acids is 1. The number of aliphatic carboxylic acids is 1. The van der Waals surface area contributed by atoms with E-state index in [0.717, 1.165) is 6.07 Å². The Labute approximate surface area is 99.0 Å². The standard InChI is InChI=1S/C9H9F3N2O2S/c10-9(11,12)17-5-1-2-7(6(13)3-5)14-4-8(15)16/h1-3,14H,4,13H2,(H,15,16). The predicted molar refractivity (Wildman–Crippen MR) is 58.9 cm³/mol. The number of hydrogen-bond acceptors (Lipinski definition) is 4. The summed E-state index contributed by atoms with van der Waals surface area (Å²) < 4.78 is 36.2. The highest BCUT2D eigenvalue weighted by atomic mass is 32.2. The van der Waals surface area contributed by atoms with E-state index in [-0.39, 0.29) is 28.9 Å². The summed E-state index contributed by atoms with van der Waals surface area (Å²) in [6.07, 6.45) is 0. The third-order valence-electron chi connectivity index (χ3n) is 1.69. The topological polar surface area (TPSA) is 75.3 Å². The quantitative estimate of drug-likeness (QED) is 0.576. The molecule has 94 valence electrons. The SMILES string of the molecule is Nc1cc(SC(F)(F)F)ccc1NCC(=O)O. The Morgan fingerprint density at radius 2 is 2.12 bits per heavy atom. The highest BCUT2D eigenvalue weighted by Crippen LogP contribution is 2.38. The van der Waals surface area contributed by atoms with Crippen molar-refractivity contribution in [3.8, 4) is 0 Å². The summed E-state index contributed by atoms with van der Waals surface area (Å²) in [7, 11) is 0. The van der Waals surface area contributed by atoms with Crippen LogP contribution in [0.1, 0.15) is 0 Å². The second-order valence-electron chi connectivity index (χ2n) is 3.04. The minimum absolute atomic E-state index is 0.0455. The van der Waals surface area contributed by atoms with Gasteiger partial charge >= 0.3 is 11.5 Å². The first-order valence-electron chi connectivity index (χ1n) is 4.39. The van der Waals surface area contributed by atoms with Gasteiger partial charge in [0.25, 0.3) is 0 Å². The van der Waals surface area contributed by atoms with Gasteiger partial charge in [-0.1, -0.05) is 0 Å². The van der Waals surface area contributed by atoms with Gasteiger partial charge in [0.2, 0.25) is 0 Å². The second kappa shape index (κ2) is 5.17. The summed E-state index contributed by atoms with van der Waals surface area (Å²) in [5.74, 6) is -1.09. The molecule has 0 unspecified atom stereocenters. The Kier molecular flexibility index (Phi) is 4.11. The molecule has 0 spiro atoms. The van der Waals surface area contributed by atoms with Crippen LogP contribution in [-0.4, -0.2) is 23.1 Å². The summed E-state index contributed by atoms with van der Waals surface area (Å²) in [6.45, 7) is -0.351. The van der Waals surface area contributed by atoms with E-state index < -0.39 is 11.5 Å². The lowest BCUT2D eigenvalue weighted by Gasteiger charge is -2.10. The molecule has 17 heavy (non-hydrogen) atoms. The van der Waals surface area contributed by atoms with E-state index in [0.29, 0.717) is 5.69 Å². The minimum atomic E-state index is -4.37. The molecule has 4 nitrogen and oxygen atoms in total. The number of alkyl halides is 3. The maximum absolute atomic E-state index is 12.1. The zero-order valence-corrected chi connectivity index (χ0v) is 9.23. The molecule has 1 aromatic carbocycles. The van der Waals surface area contributed by atoms with Gasteiger partial charge in [-0.25, -0.2) is 0 Å². The lowest BCUT2D eigenvalue weighted by Crippen LogP contribution is -2.13. The van der Waals surface area contributed by atoms with Crippen LogP contribution in [0.3, 0.4) is 0 Å². The molecular weight excluding hydrogens is 257 g/mol. The predicted octanol–water partition coefficient (Wildman–Crippen LogP) is 2.38. The van der Waals surface area contributed by atoms with Crippen molar-refractivity contribution in [2.45, 2.75) is 10.4 Å². The van der Waals surface area contributed by atoms with Crippen LogP contribution in [0.15, 0.2) is 23.1 Å². The highest BCUT2D eigenvalue weighted by Gasteiger charge is 2.29. The third-order valence-corrected chi connectivity index (χ3v) is 2.41. The zero-order valence-electron chi connectivity index (χ0n) is 8.41. The molecular formula is C9H9F3N2O2S. The van der Waals surface area contributed by atoms with Crippen molar-refractivity contribution in [3.05, 3.63) is 18.2 Å². The number of rotatable bonds is 4. The third kappa shape index (κ3) is 4.85. The Balaban J connectivity index is 2.76. The van der Waals surface area contributed by atoms with Gasteiger partial charge in [-0.3, -0.25) is 4.79 Å². The fraction of sp³-hybridized carbons (Fsp3) is 0.222. The van der Waals surface area contributed by atoms with Crippen molar-refractivity contribution in [1.29, 1.82) is 0 Å². The Morgan fingerprint density at radius 1 is 1.47 bits per heavy atom. The summed E-state index contributed by atoms with van der Waals surface area (Å²) in [5.41, 5.74) is 1.48. The van der Waals surface area contributed by atoms with Crippen molar-refractivity contribution in [2.24, 2.45) is 0 Å². The van der Waals surface area contributed by atoms with E-state index in [9.17, 15) is 18.0 Å². The number of nitrogens with two attached hydrogens (primary N) is 1. The smallest absolute Gasteiger partial charge is 0.446 e. The average Bonchev–Trinajstić information content (AvgIpc) is 2.13. The molecule has 4 N–H and O–H groups in total. The number of hydrogen-bond donors (Lipinski definition) is 3. The molecule has 0 fully saturated rings. The van der Waals surface area contributed by atoms with Crippen LogP contribution in [0.5, 0.6) is 0 Å². The Bertz CT molecular complexity index is 423. The molecule has 0 amide bonds. The van der Waals surface area contributed by atoms with Crippen molar-refractivity contribution < 1.29 is 23.1 Å². The van der Waals surface area contributed by atoms with E-state index in [1.165, 1.54) is 12.1 Å². The second-order valence-corrected chi connectivity index (χ2v) is 4.18. The molecule has 1 aromatic rings. The van der Waals surface area contributed by atoms with E-state index in [1.54, 1.807) is 0 Å². The average molecular weight is 266 g/mol. The first kappa shape index (κ1) is 13.5. The van der Waals surface area contributed by atoms with Crippen LogP contribution in [0.2, 0.25) is 0 Å². The van der Waals surface area contributed by atoms with Crippen molar-refractivity contribution in [3.63, 3.8) is 0 Å². The molecule has 0 atom stereocenters. The molecule has 0 aliphatic rings. The number of nitrogens with one attached hydrogen (secondary N) is 1. The fourth-order valence-electron chi connectivity index (χ4n) is 1.07. The molecule has 0 heterocycles. The van der Waals surface area contributed by atoms with Gasteiger partial charge in [-0.15, -0.1) is 0 Å². The van der Waals surface area contributed by atoms with Gasteiger partial charge in [0.1, 0.15) is 6.54 Å². The summed E-state index contributed by atoms with van der Waals surface area (Å²) in [4.78, 5) is 10.2. The molecule has 0 saturated carbocycles. The minimum Gasteiger partial charge on any atom is -0.480 e. The Hall–Kier alpha value is -1.57. The van der Waals surface area contributed by atoms with Gasteiger partial charge in [-0.2, -0.15) is 13.2 Å². The largest absolute Gasteiger partial charge is 0.480 e. The molecule has 1 rings (SSSR count). The van der Waals surface area contributed by atoms with E-state index in [1.807, 2.05) is 0 Å². The van der Waals surface area contributed by atoms with Crippen LogP contribution >= 0.6 is 11.8 Å². The van der Waals surface area contributed by atoms with Gasteiger partial charge in [0.05, 0.1) is 11.4 Å². The number of thioether (sulfide) groups is 1. The van der Waals surface area contributed by atoms with Crippen LogP contribution in [0.25, 0.3) is 0 Å². The number of nitrogen functional groups attached to an aromatic ring is 1. The molecule has 0 aliphatic carbocycles.